The van der Waals surface area contributed by atoms with Crippen molar-refractivity contribution in [3.8, 4) is 33.6 Å². The summed E-state index contributed by atoms with van der Waals surface area (Å²) in [6.07, 6.45) is 3.56. The summed E-state index contributed by atoms with van der Waals surface area (Å²) in [4.78, 5) is 52.3. The van der Waals surface area contributed by atoms with Gasteiger partial charge in [-0.3, -0.25) is 10.1 Å². The van der Waals surface area contributed by atoms with Crippen molar-refractivity contribution in [3.63, 3.8) is 0 Å². The molecule has 0 atom stereocenters. The van der Waals surface area contributed by atoms with Gasteiger partial charge in [0.25, 0.3) is 0 Å². The summed E-state index contributed by atoms with van der Waals surface area (Å²) in [5.41, 5.74) is 5.67. The number of aromatic nitrogens is 4. The molecule has 0 fully saturated rings. The maximum absolute atomic E-state index is 12.6. The number of hydrogen-bond donors (Lipinski definition) is 5. The van der Waals surface area contributed by atoms with Gasteiger partial charge in [0.2, 0.25) is 11.9 Å². The Morgan fingerprint density at radius 1 is 0.829 bits per heavy atom. The molecule has 0 aliphatic rings. The van der Waals surface area contributed by atoms with Crippen molar-refractivity contribution < 1.29 is 19.1 Å². The molecule has 4 aromatic rings. The summed E-state index contributed by atoms with van der Waals surface area (Å²) < 4.78 is 4.53. The van der Waals surface area contributed by atoms with Gasteiger partial charge in [-0.25, -0.2) is 19.6 Å². The molecular formula is C29H34N8O4. The second kappa shape index (κ2) is 13.8. The molecule has 2 aromatic carbocycles. The van der Waals surface area contributed by atoms with Gasteiger partial charge in [-0.15, -0.1) is 0 Å². The van der Waals surface area contributed by atoms with Crippen molar-refractivity contribution in [3.05, 3.63) is 66.7 Å². The Morgan fingerprint density at radius 3 is 2.00 bits per heavy atom. The van der Waals surface area contributed by atoms with Crippen LogP contribution in [0.1, 0.15) is 26.1 Å². The van der Waals surface area contributed by atoms with Crippen molar-refractivity contribution in [1.29, 1.82) is 0 Å². The van der Waals surface area contributed by atoms with Crippen molar-refractivity contribution >= 4 is 24.0 Å². The number of imidazole rings is 2. The fourth-order valence-corrected chi connectivity index (χ4v) is 4.19. The maximum Gasteiger partial charge on any atom is 0.407 e. The predicted octanol–water partition coefficient (Wildman–Crippen LogP) is 4.37. The Hall–Kier alpha value is -5.13. The zero-order valence-electron chi connectivity index (χ0n) is 23.3. The zero-order valence-corrected chi connectivity index (χ0v) is 23.3. The molecule has 0 aliphatic heterocycles. The lowest BCUT2D eigenvalue weighted by Crippen LogP contribution is -2.40. The van der Waals surface area contributed by atoms with Gasteiger partial charge < -0.3 is 30.2 Å². The highest BCUT2D eigenvalue weighted by molar-refractivity contribution is 5.87. The first kappa shape index (κ1) is 28.9. The molecule has 5 N–H and O–H groups in total. The molecule has 0 saturated heterocycles. The number of hydrogen-bond acceptors (Lipinski definition) is 6. The van der Waals surface area contributed by atoms with Gasteiger partial charge in [-0.1, -0.05) is 55.5 Å². The summed E-state index contributed by atoms with van der Waals surface area (Å²) in [5, 5.41) is 7.75. The van der Waals surface area contributed by atoms with E-state index in [0.29, 0.717) is 31.4 Å². The highest BCUT2D eigenvalue weighted by atomic mass is 16.5. The first-order chi connectivity index (χ1) is 19.9. The number of nitrogens with zero attached hydrogens (tertiary/aromatic N) is 3. The van der Waals surface area contributed by atoms with Crippen molar-refractivity contribution in [2.24, 2.45) is 0 Å². The van der Waals surface area contributed by atoms with Crippen molar-refractivity contribution in [1.82, 2.24) is 35.5 Å². The molecule has 0 bridgehead atoms. The summed E-state index contributed by atoms with van der Waals surface area (Å²) in [7, 11) is 1.26. The van der Waals surface area contributed by atoms with E-state index in [4.69, 9.17) is 0 Å². The second-order valence-electron chi connectivity index (χ2n) is 9.19. The van der Waals surface area contributed by atoms with Crippen LogP contribution < -0.4 is 16.0 Å². The molecule has 41 heavy (non-hydrogen) atoms. The van der Waals surface area contributed by atoms with Crippen LogP contribution in [0.4, 0.5) is 15.5 Å². The topological polar surface area (TPSA) is 157 Å². The second-order valence-corrected chi connectivity index (χ2v) is 9.19. The molecule has 12 nitrogen and oxygen atoms in total. The Bertz CT molecular complexity index is 1460. The lowest BCUT2D eigenvalue weighted by atomic mass is 10.0. The normalized spacial score (nSPS) is 10.6. The average molecular weight is 559 g/mol. The average Bonchev–Trinajstić information content (AvgIpc) is 3.66. The third kappa shape index (κ3) is 7.72. The molecule has 0 unspecified atom stereocenters. The number of methoxy groups -OCH3 is 1. The molecule has 214 valence electrons. The highest BCUT2D eigenvalue weighted by Gasteiger charge is 2.16. The van der Waals surface area contributed by atoms with Gasteiger partial charge in [0.1, 0.15) is 12.4 Å². The minimum Gasteiger partial charge on any atom is -0.453 e. The lowest BCUT2D eigenvalue weighted by molar-refractivity contribution is -0.130. The number of alkyl carbamates (subject to hydrolysis) is 1. The van der Waals surface area contributed by atoms with Crippen molar-refractivity contribution in [2.75, 3.05) is 32.1 Å². The van der Waals surface area contributed by atoms with Crippen LogP contribution in [0.15, 0.2) is 60.9 Å². The minimum absolute atomic E-state index is 0.138. The molecule has 0 spiro atoms. The number of nitrogens with one attached hydrogen (secondary N) is 5. The molecule has 0 saturated carbocycles. The smallest absolute Gasteiger partial charge is 0.407 e. The van der Waals surface area contributed by atoms with E-state index in [9.17, 15) is 14.4 Å². The summed E-state index contributed by atoms with van der Waals surface area (Å²) in [6.45, 7) is 5.07. The Kier molecular flexibility index (Phi) is 9.71. The Balaban J connectivity index is 1.38. The number of benzene rings is 2. The maximum atomic E-state index is 12.6. The van der Waals surface area contributed by atoms with Gasteiger partial charge in [0.05, 0.1) is 37.4 Å². The summed E-state index contributed by atoms with van der Waals surface area (Å²) in [5.74, 6) is 0.824. The van der Waals surface area contributed by atoms with Crippen LogP contribution in [-0.2, 0) is 16.1 Å². The van der Waals surface area contributed by atoms with E-state index in [1.807, 2.05) is 62.4 Å². The molecule has 2 heterocycles. The highest BCUT2D eigenvalue weighted by Crippen LogP contribution is 2.27. The van der Waals surface area contributed by atoms with E-state index in [0.717, 1.165) is 40.1 Å². The van der Waals surface area contributed by atoms with Crippen LogP contribution in [0.5, 0.6) is 0 Å². The first-order valence-electron chi connectivity index (χ1n) is 13.3. The molecule has 2 aromatic heterocycles. The number of ether oxygens (including phenoxy) is 1. The quantitative estimate of drug-likeness (QED) is 0.184. The zero-order chi connectivity index (χ0) is 29.2. The number of aromatic amines is 2. The number of urea groups is 1. The Labute approximate surface area is 237 Å². The van der Waals surface area contributed by atoms with E-state index in [1.165, 1.54) is 7.11 Å². The molecule has 4 amide bonds. The summed E-state index contributed by atoms with van der Waals surface area (Å²) >= 11 is 0. The van der Waals surface area contributed by atoms with E-state index >= 15 is 0 Å². The van der Waals surface area contributed by atoms with Crippen LogP contribution in [0, 0.1) is 0 Å². The number of amides is 4. The van der Waals surface area contributed by atoms with Crippen molar-refractivity contribution in [2.45, 2.75) is 26.8 Å². The molecular weight excluding hydrogens is 524 g/mol. The monoisotopic (exact) mass is 558 g/mol. The molecule has 0 radical (unpaired) electrons. The van der Waals surface area contributed by atoms with Crippen LogP contribution in [0.2, 0.25) is 0 Å². The minimum atomic E-state index is -0.645. The number of carbonyl (C=O) groups excluding carboxylic acids is 3. The fraction of sp³-hybridized carbons (Fsp3) is 0.276. The van der Waals surface area contributed by atoms with E-state index < -0.39 is 6.09 Å². The van der Waals surface area contributed by atoms with Crippen LogP contribution in [0.3, 0.4) is 0 Å². The third-order valence-corrected chi connectivity index (χ3v) is 6.25. The SMILES string of the molecule is CCCN(Cc1ncc(-c2ccc(-c3ccc(-c4cnc(NC(=O)NCC)[nH]4)cc3)cc2)[nH]1)C(=O)CNC(=O)OC. The van der Waals surface area contributed by atoms with Gasteiger partial charge in [0.15, 0.2) is 0 Å². The number of carbonyl (C=O) groups is 3. The number of rotatable bonds is 11. The van der Waals surface area contributed by atoms with Crippen LogP contribution >= 0.6 is 0 Å². The van der Waals surface area contributed by atoms with E-state index in [1.54, 1.807) is 17.3 Å². The molecule has 4 rings (SSSR count). The van der Waals surface area contributed by atoms with Gasteiger partial charge in [-0.2, -0.15) is 0 Å². The standard InChI is InChI=1S/C29H34N8O4/c1-4-14-37(26(38)17-33-29(40)41-3)18-25-31-15-23(34-25)21-10-6-19(7-11-21)20-8-12-22(13-9-20)24-16-32-27(35-24)36-28(39)30-5-2/h6-13,15-16H,4-5,14,17-18H2,1-3H3,(H,31,34)(H,33,40)(H3,30,32,35,36,39). The van der Waals surface area contributed by atoms with Crippen LogP contribution in [0.25, 0.3) is 33.6 Å². The lowest BCUT2D eigenvalue weighted by Gasteiger charge is -2.21. The largest absolute Gasteiger partial charge is 0.453 e. The molecule has 0 aliphatic carbocycles. The Morgan fingerprint density at radius 2 is 1.41 bits per heavy atom. The van der Waals surface area contributed by atoms with E-state index in [-0.39, 0.29) is 18.5 Å². The van der Waals surface area contributed by atoms with Crippen LogP contribution in [-0.4, -0.2) is 69.6 Å². The van der Waals surface area contributed by atoms with Gasteiger partial charge >= 0.3 is 12.1 Å². The van der Waals surface area contributed by atoms with Gasteiger partial charge in [0, 0.05) is 13.1 Å². The molecule has 12 heteroatoms. The predicted molar refractivity (Wildman–Crippen MR) is 156 cm³/mol. The third-order valence-electron chi connectivity index (χ3n) is 6.25. The van der Waals surface area contributed by atoms with E-state index in [2.05, 4.69) is 40.6 Å². The first-order valence-corrected chi connectivity index (χ1v) is 13.3. The summed E-state index contributed by atoms with van der Waals surface area (Å²) in [6, 6.07) is 15.9. The number of H-pyrrole nitrogens is 2. The fourth-order valence-electron chi connectivity index (χ4n) is 4.19. The number of anilines is 1. The van der Waals surface area contributed by atoms with Gasteiger partial charge in [-0.05, 0) is 35.6 Å².